The predicted molar refractivity (Wildman–Crippen MR) is 123 cm³/mol. The summed E-state index contributed by atoms with van der Waals surface area (Å²) >= 11 is 0. The molecule has 0 bridgehead atoms. The maximum atomic E-state index is 5.56. The van der Waals surface area contributed by atoms with E-state index in [-0.39, 0.29) is 0 Å². The van der Waals surface area contributed by atoms with E-state index in [2.05, 4.69) is 80.0 Å². The van der Waals surface area contributed by atoms with Gasteiger partial charge in [-0.05, 0) is 28.5 Å². The lowest BCUT2D eigenvalue weighted by Gasteiger charge is -2.35. The first-order valence-corrected chi connectivity index (χ1v) is 10.8. The number of nitrogens with zero attached hydrogens (tertiary/aromatic N) is 3. The number of ether oxygens (including phenoxy) is 1. The summed E-state index contributed by atoms with van der Waals surface area (Å²) < 4.78 is 5.56. The standard InChI is InChI=1S/C25H27N5O/c1-2-6-22-19(4-1)5-3-7-23(22)25-21(17-28-29-25)16-27-18-24(20-8-10-26-11-9-20)30-12-14-31-15-13-30/h1-11,17,24,27H,12-16,18H2,(H,28,29). The molecule has 0 radical (unpaired) electrons. The van der Waals surface area contributed by atoms with Gasteiger partial charge < -0.3 is 10.1 Å². The van der Waals surface area contributed by atoms with Crippen molar-refractivity contribution in [1.29, 1.82) is 0 Å². The number of aromatic nitrogens is 3. The van der Waals surface area contributed by atoms with Gasteiger partial charge in [0, 0.05) is 55.7 Å². The van der Waals surface area contributed by atoms with Gasteiger partial charge in [-0.2, -0.15) is 5.10 Å². The second-order valence-electron chi connectivity index (χ2n) is 7.87. The molecule has 1 atom stereocenters. The monoisotopic (exact) mass is 413 g/mol. The zero-order chi connectivity index (χ0) is 20.9. The second kappa shape index (κ2) is 9.39. The van der Waals surface area contributed by atoms with Crippen molar-refractivity contribution in [3.8, 4) is 11.3 Å². The molecule has 1 unspecified atom stereocenters. The Hall–Kier alpha value is -3.06. The highest BCUT2D eigenvalue weighted by atomic mass is 16.5. The highest BCUT2D eigenvalue weighted by Crippen LogP contribution is 2.29. The van der Waals surface area contributed by atoms with Crippen molar-refractivity contribution in [2.24, 2.45) is 0 Å². The molecule has 4 aromatic rings. The number of aromatic amines is 1. The van der Waals surface area contributed by atoms with Crippen molar-refractivity contribution in [1.82, 2.24) is 25.4 Å². The number of nitrogens with one attached hydrogen (secondary N) is 2. The van der Waals surface area contributed by atoms with Gasteiger partial charge in [-0.15, -0.1) is 0 Å². The fraction of sp³-hybridized carbons (Fsp3) is 0.280. The average molecular weight is 414 g/mol. The van der Waals surface area contributed by atoms with E-state index in [4.69, 9.17) is 4.74 Å². The molecule has 2 N–H and O–H groups in total. The molecule has 6 heteroatoms. The van der Waals surface area contributed by atoms with Crippen molar-refractivity contribution >= 4 is 10.8 Å². The molecule has 0 aliphatic carbocycles. The van der Waals surface area contributed by atoms with Gasteiger partial charge in [0.25, 0.3) is 0 Å². The molecule has 1 aliphatic heterocycles. The fourth-order valence-corrected chi connectivity index (χ4v) is 4.40. The third kappa shape index (κ3) is 4.37. The smallest absolute Gasteiger partial charge is 0.0701 e. The van der Waals surface area contributed by atoms with E-state index < -0.39 is 0 Å². The van der Waals surface area contributed by atoms with Crippen molar-refractivity contribution in [2.45, 2.75) is 12.6 Å². The average Bonchev–Trinajstić information content (AvgIpc) is 3.31. The number of hydrogen-bond acceptors (Lipinski definition) is 5. The molecule has 31 heavy (non-hydrogen) atoms. The van der Waals surface area contributed by atoms with Gasteiger partial charge in [0.2, 0.25) is 0 Å². The molecule has 1 aliphatic rings. The number of rotatable bonds is 7. The highest BCUT2D eigenvalue weighted by molar-refractivity contribution is 5.96. The lowest BCUT2D eigenvalue weighted by atomic mass is 10.00. The molecule has 3 heterocycles. The molecule has 2 aromatic carbocycles. The van der Waals surface area contributed by atoms with Gasteiger partial charge in [0.1, 0.15) is 0 Å². The van der Waals surface area contributed by atoms with E-state index in [1.54, 1.807) is 0 Å². The molecule has 6 nitrogen and oxygen atoms in total. The predicted octanol–water partition coefficient (Wildman–Crippen LogP) is 3.79. The SMILES string of the molecule is c1ccc2c(-c3[nH]ncc3CNCC(c3ccncc3)N3CCOCC3)cccc2c1. The first-order valence-electron chi connectivity index (χ1n) is 10.8. The Labute approximate surface area is 182 Å². The third-order valence-corrected chi connectivity index (χ3v) is 6.01. The van der Waals surface area contributed by atoms with Crippen LogP contribution in [0.4, 0.5) is 0 Å². The summed E-state index contributed by atoms with van der Waals surface area (Å²) in [4.78, 5) is 6.68. The van der Waals surface area contributed by atoms with Crippen LogP contribution in [0.5, 0.6) is 0 Å². The van der Waals surface area contributed by atoms with E-state index in [1.165, 1.54) is 27.5 Å². The van der Waals surface area contributed by atoms with Crippen LogP contribution in [0.3, 0.4) is 0 Å². The topological polar surface area (TPSA) is 66.1 Å². The number of benzene rings is 2. The van der Waals surface area contributed by atoms with Crippen molar-refractivity contribution in [3.05, 3.63) is 84.3 Å². The summed E-state index contributed by atoms with van der Waals surface area (Å²) in [5.74, 6) is 0. The Bertz CT molecular complexity index is 1120. The summed E-state index contributed by atoms with van der Waals surface area (Å²) in [6, 6.07) is 19.4. The van der Waals surface area contributed by atoms with Crippen molar-refractivity contribution in [2.75, 3.05) is 32.8 Å². The van der Waals surface area contributed by atoms with E-state index in [9.17, 15) is 0 Å². The normalized spacial score (nSPS) is 15.9. The Balaban J connectivity index is 1.34. The Kier molecular flexibility index (Phi) is 6.02. The number of pyridine rings is 1. The van der Waals surface area contributed by atoms with Crippen LogP contribution in [0.1, 0.15) is 17.2 Å². The molecular formula is C25H27N5O. The summed E-state index contributed by atoms with van der Waals surface area (Å²) in [5, 5.41) is 13.7. The summed E-state index contributed by atoms with van der Waals surface area (Å²) in [6.45, 7) is 5.07. The third-order valence-electron chi connectivity index (χ3n) is 6.01. The maximum absolute atomic E-state index is 5.56. The highest BCUT2D eigenvalue weighted by Gasteiger charge is 2.22. The van der Waals surface area contributed by atoms with E-state index in [1.807, 2.05) is 18.6 Å². The van der Waals surface area contributed by atoms with Crippen LogP contribution >= 0.6 is 0 Å². The maximum Gasteiger partial charge on any atom is 0.0701 e. The van der Waals surface area contributed by atoms with Crippen LogP contribution in [0.15, 0.2) is 73.2 Å². The molecule has 2 aromatic heterocycles. The van der Waals surface area contributed by atoms with Crippen molar-refractivity contribution < 1.29 is 4.74 Å². The Morgan fingerprint density at radius 3 is 2.68 bits per heavy atom. The number of H-pyrrole nitrogens is 1. The minimum atomic E-state index is 0.291. The van der Waals surface area contributed by atoms with Crippen LogP contribution in [-0.4, -0.2) is 52.9 Å². The van der Waals surface area contributed by atoms with Crippen LogP contribution in [0.25, 0.3) is 22.0 Å². The second-order valence-corrected chi connectivity index (χ2v) is 7.87. The number of fused-ring (bicyclic) bond motifs is 1. The van der Waals surface area contributed by atoms with Gasteiger partial charge in [-0.25, -0.2) is 0 Å². The summed E-state index contributed by atoms with van der Waals surface area (Å²) in [6.07, 6.45) is 5.68. The van der Waals surface area contributed by atoms with Gasteiger partial charge in [-0.1, -0.05) is 42.5 Å². The van der Waals surface area contributed by atoms with Crippen molar-refractivity contribution in [3.63, 3.8) is 0 Å². The molecule has 0 spiro atoms. The van der Waals surface area contributed by atoms with Crippen LogP contribution in [0, 0.1) is 0 Å². The largest absolute Gasteiger partial charge is 0.379 e. The molecule has 158 valence electrons. The zero-order valence-electron chi connectivity index (χ0n) is 17.5. The van der Waals surface area contributed by atoms with Gasteiger partial charge in [-0.3, -0.25) is 15.0 Å². The Morgan fingerprint density at radius 2 is 1.81 bits per heavy atom. The molecule has 0 amide bonds. The van der Waals surface area contributed by atoms with E-state index >= 15 is 0 Å². The van der Waals surface area contributed by atoms with E-state index in [0.29, 0.717) is 6.04 Å². The molecule has 1 fully saturated rings. The molecule has 5 rings (SSSR count). The first-order chi connectivity index (χ1) is 15.4. The van der Waals surface area contributed by atoms with E-state index in [0.717, 1.165) is 45.1 Å². The Morgan fingerprint density at radius 1 is 1.00 bits per heavy atom. The minimum Gasteiger partial charge on any atom is -0.379 e. The number of morpholine rings is 1. The van der Waals surface area contributed by atoms with Crippen LogP contribution < -0.4 is 5.32 Å². The number of hydrogen-bond donors (Lipinski definition) is 2. The lowest BCUT2D eigenvalue weighted by Crippen LogP contribution is -2.42. The van der Waals surface area contributed by atoms with Gasteiger partial charge >= 0.3 is 0 Å². The minimum absolute atomic E-state index is 0.291. The summed E-state index contributed by atoms with van der Waals surface area (Å²) in [5.41, 5.74) is 4.72. The quantitative estimate of drug-likeness (QED) is 0.483. The fourth-order valence-electron chi connectivity index (χ4n) is 4.40. The molecule has 1 saturated heterocycles. The molecule has 0 saturated carbocycles. The summed E-state index contributed by atoms with van der Waals surface area (Å²) in [7, 11) is 0. The zero-order valence-corrected chi connectivity index (χ0v) is 17.5. The molecular weight excluding hydrogens is 386 g/mol. The first kappa shape index (κ1) is 19.9. The van der Waals surface area contributed by atoms with Gasteiger partial charge in [0.05, 0.1) is 25.1 Å². The lowest BCUT2D eigenvalue weighted by molar-refractivity contribution is 0.0161. The van der Waals surface area contributed by atoms with Gasteiger partial charge in [0.15, 0.2) is 0 Å². The van der Waals surface area contributed by atoms with Crippen LogP contribution in [0.2, 0.25) is 0 Å². The van der Waals surface area contributed by atoms with Crippen LogP contribution in [-0.2, 0) is 11.3 Å².